The summed E-state index contributed by atoms with van der Waals surface area (Å²) in [5.41, 5.74) is 3.82. The standard InChI is InChI=1S/C24H23ClN6O2/c1-28-15-16(12-27-28)22(32)30-8-6-29(7-9-30)18-11-19(14-26-13-18)31-23(33)20-3-2-17(25)10-21(20)24(31)4-5-24/h2-3,10-15H,4-9H2,1H3. The topological polar surface area (TPSA) is 74.6 Å². The Morgan fingerprint density at radius 2 is 1.79 bits per heavy atom. The van der Waals surface area contributed by atoms with Gasteiger partial charge in [0.05, 0.1) is 41.1 Å². The van der Waals surface area contributed by atoms with E-state index in [9.17, 15) is 9.59 Å². The molecule has 1 spiro atoms. The van der Waals surface area contributed by atoms with Crippen molar-refractivity contribution in [3.05, 3.63) is 70.8 Å². The van der Waals surface area contributed by atoms with Crippen LogP contribution in [0.15, 0.2) is 49.1 Å². The lowest BCUT2D eigenvalue weighted by molar-refractivity contribution is 0.0746. The quantitative estimate of drug-likeness (QED) is 0.598. The highest BCUT2D eigenvalue weighted by molar-refractivity contribution is 6.31. The molecule has 6 rings (SSSR count). The van der Waals surface area contributed by atoms with E-state index in [0.29, 0.717) is 36.8 Å². The number of aromatic nitrogens is 3. The average molecular weight is 463 g/mol. The monoisotopic (exact) mass is 462 g/mol. The number of amides is 2. The van der Waals surface area contributed by atoms with Crippen LogP contribution in [-0.4, -0.2) is 57.7 Å². The van der Waals surface area contributed by atoms with E-state index >= 15 is 0 Å². The van der Waals surface area contributed by atoms with Crippen LogP contribution in [-0.2, 0) is 12.6 Å². The van der Waals surface area contributed by atoms with Gasteiger partial charge in [0.25, 0.3) is 11.8 Å². The number of pyridine rings is 1. The molecule has 4 heterocycles. The normalized spacial score (nSPS) is 18.7. The van der Waals surface area contributed by atoms with Gasteiger partial charge in [0, 0.05) is 50.0 Å². The van der Waals surface area contributed by atoms with Gasteiger partial charge in [0.2, 0.25) is 0 Å². The van der Waals surface area contributed by atoms with Gasteiger partial charge in [-0.3, -0.25) is 24.2 Å². The van der Waals surface area contributed by atoms with Crippen LogP contribution >= 0.6 is 11.6 Å². The summed E-state index contributed by atoms with van der Waals surface area (Å²) in [4.78, 5) is 36.4. The maximum absolute atomic E-state index is 13.3. The first-order valence-corrected chi connectivity index (χ1v) is 11.5. The second-order valence-electron chi connectivity index (χ2n) is 8.95. The molecule has 0 atom stereocenters. The van der Waals surface area contributed by atoms with Crippen LogP contribution in [0.1, 0.15) is 39.1 Å². The van der Waals surface area contributed by atoms with Crippen LogP contribution in [0.4, 0.5) is 11.4 Å². The second-order valence-corrected chi connectivity index (χ2v) is 9.38. The zero-order valence-electron chi connectivity index (χ0n) is 18.2. The van der Waals surface area contributed by atoms with Crippen molar-refractivity contribution in [1.29, 1.82) is 0 Å². The van der Waals surface area contributed by atoms with Crippen molar-refractivity contribution >= 4 is 34.8 Å². The van der Waals surface area contributed by atoms with E-state index in [-0.39, 0.29) is 17.4 Å². The second kappa shape index (κ2) is 7.31. The van der Waals surface area contributed by atoms with Crippen LogP contribution in [0.3, 0.4) is 0 Å². The number of halogens is 1. The third-order valence-corrected chi connectivity index (χ3v) is 7.15. The molecule has 1 aromatic carbocycles. The predicted molar refractivity (Wildman–Crippen MR) is 125 cm³/mol. The minimum Gasteiger partial charge on any atom is -0.367 e. The lowest BCUT2D eigenvalue weighted by Crippen LogP contribution is -2.48. The number of carbonyl (C=O) groups is 2. The van der Waals surface area contributed by atoms with Gasteiger partial charge in [-0.05, 0) is 42.7 Å². The van der Waals surface area contributed by atoms with Crippen LogP contribution < -0.4 is 9.80 Å². The summed E-state index contributed by atoms with van der Waals surface area (Å²) in [5.74, 6) is 0.00870. The van der Waals surface area contributed by atoms with Crippen molar-refractivity contribution in [2.24, 2.45) is 7.05 Å². The van der Waals surface area contributed by atoms with Gasteiger partial charge in [0.15, 0.2) is 0 Å². The van der Waals surface area contributed by atoms with Gasteiger partial charge in [-0.1, -0.05) is 11.6 Å². The molecule has 0 radical (unpaired) electrons. The lowest BCUT2D eigenvalue weighted by Gasteiger charge is -2.36. The Bertz CT molecular complexity index is 1280. The molecule has 2 fully saturated rings. The van der Waals surface area contributed by atoms with Gasteiger partial charge in [-0.15, -0.1) is 0 Å². The van der Waals surface area contributed by atoms with Crippen molar-refractivity contribution in [3.63, 3.8) is 0 Å². The minimum atomic E-state index is -0.299. The van der Waals surface area contributed by atoms with Gasteiger partial charge in [0.1, 0.15) is 0 Å². The Morgan fingerprint density at radius 1 is 1.03 bits per heavy atom. The first kappa shape index (κ1) is 20.2. The number of carbonyl (C=O) groups excluding carboxylic acids is 2. The summed E-state index contributed by atoms with van der Waals surface area (Å²) >= 11 is 6.24. The van der Waals surface area contributed by atoms with E-state index < -0.39 is 0 Å². The molecule has 2 aliphatic heterocycles. The molecular formula is C24H23ClN6O2. The number of anilines is 2. The number of rotatable bonds is 3. The van der Waals surface area contributed by atoms with Crippen LogP contribution in [0, 0.1) is 0 Å². The third kappa shape index (κ3) is 3.20. The van der Waals surface area contributed by atoms with E-state index in [0.717, 1.165) is 35.3 Å². The number of nitrogens with zero attached hydrogens (tertiary/aromatic N) is 6. The minimum absolute atomic E-state index is 0.00406. The number of aryl methyl sites for hydroxylation is 1. The first-order chi connectivity index (χ1) is 16.0. The molecule has 9 heteroatoms. The Kier molecular flexibility index (Phi) is 4.48. The van der Waals surface area contributed by atoms with Crippen molar-refractivity contribution < 1.29 is 9.59 Å². The molecular weight excluding hydrogens is 440 g/mol. The average Bonchev–Trinajstić information content (AvgIpc) is 3.44. The summed E-state index contributed by atoms with van der Waals surface area (Å²) in [5, 5.41) is 4.75. The number of piperazine rings is 1. The smallest absolute Gasteiger partial charge is 0.259 e. The van der Waals surface area contributed by atoms with Crippen molar-refractivity contribution in [3.8, 4) is 0 Å². The fourth-order valence-electron chi connectivity index (χ4n) is 5.09. The molecule has 2 aromatic heterocycles. The molecule has 1 aliphatic carbocycles. The molecule has 168 valence electrons. The van der Waals surface area contributed by atoms with Crippen molar-refractivity contribution in [2.75, 3.05) is 36.0 Å². The zero-order valence-corrected chi connectivity index (χ0v) is 19.0. The molecule has 0 N–H and O–H groups in total. The molecule has 1 saturated carbocycles. The Morgan fingerprint density at radius 3 is 2.48 bits per heavy atom. The fourth-order valence-corrected chi connectivity index (χ4v) is 5.26. The maximum Gasteiger partial charge on any atom is 0.259 e. The number of benzene rings is 1. The predicted octanol–water partition coefficient (Wildman–Crippen LogP) is 3.08. The summed E-state index contributed by atoms with van der Waals surface area (Å²) in [6.45, 7) is 2.64. The van der Waals surface area contributed by atoms with Crippen LogP contribution in [0.5, 0.6) is 0 Å². The molecule has 33 heavy (non-hydrogen) atoms. The maximum atomic E-state index is 13.3. The molecule has 2 amide bonds. The molecule has 8 nitrogen and oxygen atoms in total. The van der Waals surface area contributed by atoms with Crippen molar-refractivity contribution in [1.82, 2.24) is 19.7 Å². The summed E-state index contributed by atoms with van der Waals surface area (Å²) in [7, 11) is 1.80. The summed E-state index contributed by atoms with van der Waals surface area (Å²) in [6.07, 6.45) is 8.78. The molecule has 3 aromatic rings. The van der Waals surface area contributed by atoms with E-state index in [4.69, 9.17) is 11.6 Å². The van der Waals surface area contributed by atoms with Gasteiger partial charge in [-0.2, -0.15) is 5.10 Å². The number of fused-ring (bicyclic) bond motifs is 2. The zero-order chi connectivity index (χ0) is 22.7. The Balaban J connectivity index is 1.21. The highest BCUT2D eigenvalue weighted by Gasteiger charge is 2.58. The lowest BCUT2D eigenvalue weighted by atomic mass is 10.0. The van der Waals surface area contributed by atoms with Crippen molar-refractivity contribution in [2.45, 2.75) is 18.4 Å². The van der Waals surface area contributed by atoms with E-state index in [1.165, 1.54) is 0 Å². The van der Waals surface area contributed by atoms with Crippen LogP contribution in [0.2, 0.25) is 5.02 Å². The number of hydrogen-bond donors (Lipinski definition) is 0. The largest absolute Gasteiger partial charge is 0.367 e. The number of hydrogen-bond acceptors (Lipinski definition) is 5. The summed E-state index contributed by atoms with van der Waals surface area (Å²) in [6, 6.07) is 7.57. The highest BCUT2D eigenvalue weighted by Crippen LogP contribution is 2.58. The van der Waals surface area contributed by atoms with Gasteiger partial charge in [-0.25, -0.2) is 0 Å². The fraction of sp³-hybridized carbons (Fsp3) is 0.333. The Hall–Kier alpha value is -3.39. The van der Waals surface area contributed by atoms with Gasteiger partial charge < -0.3 is 9.80 Å². The first-order valence-electron chi connectivity index (χ1n) is 11.1. The Labute approximate surface area is 196 Å². The summed E-state index contributed by atoms with van der Waals surface area (Å²) < 4.78 is 1.64. The van der Waals surface area contributed by atoms with Crippen LogP contribution in [0.25, 0.3) is 0 Å². The molecule has 3 aliphatic rings. The van der Waals surface area contributed by atoms with E-state index in [1.54, 1.807) is 36.4 Å². The molecule has 1 saturated heterocycles. The highest BCUT2D eigenvalue weighted by atomic mass is 35.5. The van der Waals surface area contributed by atoms with Gasteiger partial charge >= 0.3 is 0 Å². The molecule has 0 unspecified atom stereocenters. The SMILES string of the molecule is Cn1cc(C(=O)N2CCN(c3cncc(N4C(=O)c5ccc(Cl)cc5C45CC5)c3)CC2)cn1. The third-order valence-electron chi connectivity index (χ3n) is 6.92. The molecule has 0 bridgehead atoms. The van der Waals surface area contributed by atoms with E-state index in [2.05, 4.69) is 15.0 Å². The van der Waals surface area contributed by atoms with E-state index in [1.807, 2.05) is 34.2 Å².